The second-order valence-corrected chi connectivity index (χ2v) is 5.04. The van der Waals surface area contributed by atoms with Gasteiger partial charge in [-0.25, -0.2) is 0 Å². The maximum absolute atomic E-state index is 2.40. The van der Waals surface area contributed by atoms with Gasteiger partial charge in [0.1, 0.15) is 0 Å². The summed E-state index contributed by atoms with van der Waals surface area (Å²) in [5.74, 6) is 0. The van der Waals surface area contributed by atoms with E-state index in [0.717, 1.165) is 10.00 Å². The molecule has 46 valence electrons. The Bertz CT molecular complexity index is 103. The molecule has 2 rings (SSSR count). The first-order valence-electron chi connectivity index (χ1n) is 3.55. The minimum atomic E-state index is 0.875. The second-order valence-electron chi connectivity index (χ2n) is 3.12. The Balaban J connectivity index is 2.06. The summed E-state index contributed by atoms with van der Waals surface area (Å²) in [6, 6.07) is 0. The highest BCUT2D eigenvalue weighted by Gasteiger charge is 2.64. The predicted molar refractivity (Wildman–Crippen MR) is 39.4 cm³/mol. The molecular formula is C7H13S+. The molecule has 0 radical (unpaired) electrons. The quantitative estimate of drug-likeness (QED) is 0.264. The van der Waals surface area contributed by atoms with E-state index in [0.29, 0.717) is 0 Å². The minimum Gasteiger partial charge on any atom is -0.0479 e. The maximum atomic E-state index is 2.40. The van der Waals surface area contributed by atoms with Crippen LogP contribution in [0.15, 0.2) is 0 Å². The van der Waals surface area contributed by atoms with Crippen LogP contribution in [0.3, 0.4) is 0 Å². The summed E-state index contributed by atoms with van der Waals surface area (Å²) in [6.07, 6.45) is 6.10. The molecule has 1 unspecified atom stereocenters. The number of rotatable bonds is 0. The Labute approximate surface area is 55.0 Å². The lowest BCUT2D eigenvalue weighted by Gasteiger charge is -1.88. The molecule has 1 heteroatoms. The zero-order chi connectivity index (χ0) is 5.61. The molecule has 1 saturated heterocycles. The molecular weight excluding hydrogens is 116 g/mol. The van der Waals surface area contributed by atoms with E-state index in [4.69, 9.17) is 0 Å². The van der Waals surface area contributed by atoms with Gasteiger partial charge in [-0.1, -0.05) is 0 Å². The Morgan fingerprint density at radius 1 is 1.38 bits per heavy atom. The lowest BCUT2D eigenvalue weighted by atomic mass is 10.1. The van der Waals surface area contributed by atoms with Crippen molar-refractivity contribution in [3.8, 4) is 0 Å². The molecule has 8 heavy (non-hydrogen) atoms. The van der Waals surface area contributed by atoms with E-state index in [1.165, 1.54) is 25.7 Å². The smallest absolute Gasteiger partial charge is 0.0479 e. The highest BCUT2D eigenvalue weighted by Crippen LogP contribution is 2.50. The van der Waals surface area contributed by atoms with Gasteiger partial charge in [-0.05, 0) is 31.5 Å². The van der Waals surface area contributed by atoms with Gasteiger partial charge in [-0.3, -0.25) is 0 Å². The molecule has 2 aliphatic rings. The number of hydrogen-bond acceptors (Lipinski definition) is 0. The molecule has 2 fully saturated rings. The zero-order valence-electron chi connectivity index (χ0n) is 5.35. The average molecular weight is 129 g/mol. The Morgan fingerprint density at radius 2 is 1.88 bits per heavy atom. The second kappa shape index (κ2) is 1.44. The zero-order valence-corrected chi connectivity index (χ0v) is 6.25. The first-order chi connectivity index (χ1) is 3.83. The molecule has 1 atom stereocenters. The summed E-state index contributed by atoms with van der Waals surface area (Å²) in [5.41, 5.74) is 0. The molecule has 1 spiro atoms. The molecule has 1 aliphatic carbocycles. The fourth-order valence-corrected chi connectivity index (χ4v) is 3.41. The molecule has 0 aromatic carbocycles. The van der Waals surface area contributed by atoms with E-state index < -0.39 is 0 Å². The van der Waals surface area contributed by atoms with Crippen molar-refractivity contribution < 1.29 is 0 Å². The number of thiol groups is 1. The third-order valence-electron chi connectivity index (χ3n) is 2.63. The van der Waals surface area contributed by atoms with Crippen molar-refractivity contribution in [2.45, 2.75) is 42.6 Å². The van der Waals surface area contributed by atoms with Gasteiger partial charge in [-0.15, -0.1) is 0 Å². The molecule has 1 heterocycles. The van der Waals surface area contributed by atoms with Crippen molar-refractivity contribution in [1.29, 1.82) is 0 Å². The third kappa shape index (κ3) is 0.540. The Hall–Kier alpha value is 0.350. The van der Waals surface area contributed by atoms with E-state index in [9.17, 15) is 0 Å². The lowest BCUT2D eigenvalue weighted by Crippen LogP contribution is -2.05. The minimum absolute atomic E-state index is 0.875. The van der Waals surface area contributed by atoms with Gasteiger partial charge < -0.3 is 0 Å². The van der Waals surface area contributed by atoms with Gasteiger partial charge in [0, 0.05) is 12.8 Å². The van der Waals surface area contributed by atoms with Crippen LogP contribution in [-0.4, -0.2) is 10.00 Å². The Kier molecular flexibility index (Phi) is 0.928. The largest absolute Gasteiger partial charge is 0.172 e. The van der Waals surface area contributed by atoms with Crippen LogP contribution in [0.1, 0.15) is 32.6 Å². The van der Waals surface area contributed by atoms with Crippen LogP contribution in [0.25, 0.3) is 0 Å². The topological polar surface area (TPSA) is 0 Å². The highest BCUT2D eigenvalue weighted by molar-refractivity contribution is 7.88. The summed E-state index contributed by atoms with van der Waals surface area (Å²) in [6.45, 7) is 2.40. The SMILES string of the molecule is CC1[SH+]C12CCCC2. The van der Waals surface area contributed by atoms with Gasteiger partial charge in [0.25, 0.3) is 0 Å². The molecule has 0 aromatic rings. The molecule has 0 N–H and O–H groups in total. The van der Waals surface area contributed by atoms with Crippen molar-refractivity contribution in [1.82, 2.24) is 0 Å². The van der Waals surface area contributed by atoms with E-state index in [1.54, 1.807) is 11.8 Å². The van der Waals surface area contributed by atoms with Gasteiger partial charge in [0.2, 0.25) is 0 Å². The van der Waals surface area contributed by atoms with Gasteiger partial charge in [0.15, 0.2) is 10.00 Å². The monoisotopic (exact) mass is 129 g/mol. The molecule has 0 nitrogen and oxygen atoms in total. The van der Waals surface area contributed by atoms with E-state index >= 15 is 0 Å². The van der Waals surface area contributed by atoms with Crippen LogP contribution in [0, 0.1) is 0 Å². The summed E-state index contributed by atoms with van der Waals surface area (Å²) in [4.78, 5) is 0. The summed E-state index contributed by atoms with van der Waals surface area (Å²) >= 11 is 1.77. The predicted octanol–water partition coefficient (Wildman–Crippen LogP) is 1.52. The van der Waals surface area contributed by atoms with Crippen LogP contribution in [0.4, 0.5) is 0 Å². The van der Waals surface area contributed by atoms with Crippen LogP contribution in [0.2, 0.25) is 0 Å². The molecule has 0 amide bonds. The van der Waals surface area contributed by atoms with Crippen molar-refractivity contribution >= 4 is 11.8 Å². The first-order valence-corrected chi connectivity index (χ1v) is 4.52. The van der Waals surface area contributed by atoms with Crippen molar-refractivity contribution in [3.05, 3.63) is 0 Å². The first kappa shape index (κ1) is 5.16. The Morgan fingerprint density at radius 3 is 2.12 bits per heavy atom. The summed E-state index contributed by atoms with van der Waals surface area (Å²) in [7, 11) is 0. The molecule has 1 saturated carbocycles. The van der Waals surface area contributed by atoms with Crippen LogP contribution >= 0.6 is 0 Å². The highest BCUT2D eigenvalue weighted by atomic mass is 32.2. The van der Waals surface area contributed by atoms with Crippen molar-refractivity contribution in [2.24, 2.45) is 0 Å². The summed E-state index contributed by atoms with van der Waals surface area (Å²) < 4.78 is 0.875. The van der Waals surface area contributed by atoms with Crippen LogP contribution in [0.5, 0.6) is 0 Å². The van der Waals surface area contributed by atoms with Gasteiger partial charge >= 0.3 is 0 Å². The van der Waals surface area contributed by atoms with Crippen LogP contribution < -0.4 is 0 Å². The van der Waals surface area contributed by atoms with Gasteiger partial charge in [-0.2, -0.15) is 0 Å². The van der Waals surface area contributed by atoms with E-state index in [2.05, 4.69) is 6.92 Å². The number of hydrogen-bond donors (Lipinski definition) is 0. The molecule has 0 aromatic heterocycles. The van der Waals surface area contributed by atoms with E-state index in [1.807, 2.05) is 0 Å². The normalized spacial score (nSPS) is 40.9. The van der Waals surface area contributed by atoms with Crippen molar-refractivity contribution in [3.63, 3.8) is 0 Å². The van der Waals surface area contributed by atoms with E-state index in [-0.39, 0.29) is 0 Å². The standard InChI is InChI=1S/C7H12S/c1-6-7(8-6)4-2-3-5-7/h6H,2-5H2,1H3/p+1. The maximum Gasteiger partial charge on any atom is 0.172 e. The fraction of sp³-hybridized carbons (Fsp3) is 1.00. The lowest BCUT2D eigenvalue weighted by molar-refractivity contribution is 0.683. The third-order valence-corrected chi connectivity index (χ3v) is 4.58. The summed E-state index contributed by atoms with van der Waals surface area (Å²) in [5, 5.41) is 1.06. The van der Waals surface area contributed by atoms with Gasteiger partial charge in [0.05, 0.1) is 0 Å². The molecule has 0 bridgehead atoms. The van der Waals surface area contributed by atoms with Crippen LogP contribution in [-0.2, 0) is 11.8 Å². The average Bonchev–Trinajstić information content (AvgIpc) is 2.29. The fourth-order valence-electron chi connectivity index (χ4n) is 1.88. The van der Waals surface area contributed by atoms with Crippen molar-refractivity contribution in [2.75, 3.05) is 0 Å². The molecule has 1 aliphatic heterocycles.